The lowest BCUT2D eigenvalue weighted by atomic mass is 9.39. The molecule has 0 N–H and O–H groups in total. The second kappa shape index (κ2) is 7.32. The predicted octanol–water partition coefficient (Wildman–Crippen LogP) is 4.73. The first kappa shape index (κ1) is 25.2. The van der Waals surface area contributed by atoms with Crippen LogP contribution < -0.4 is 0 Å². The van der Waals surface area contributed by atoms with Crippen molar-refractivity contribution in [3.63, 3.8) is 0 Å². The number of carbonyl (C=O) groups is 2. The van der Waals surface area contributed by atoms with Gasteiger partial charge in [-0.05, 0) is 75.5 Å². The molecule has 4 fully saturated rings. The van der Waals surface area contributed by atoms with E-state index in [1.165, 1.54) is 26.4 Å². The summed E-state index contributed by atoms with van der Waals surface area (Å²) in [6.07, 6.45) is 3.19. The Morgan fingerprint density at radius 3 is 2.46 bits per heavy atom. The fourth-order valence-electron chi connectivity index (χ4n) is 9.37. The molecule has 194 valence electrons. The number of fused-ring (bicyclic) bond motifs is 7. The number of ketones is 2. The van der Waals surface area contributed by atoms with Crippen molar-refractivity contribution in [3.8, 4) is 0 Å². The van der Waals surface area contributed by atoms with Crippen molar-refractivity contribution >= 4 is 11.6 Å². The second-order valence-corrected chi connectivity index (χ2v) is 12.8. The van der Waals surface area contributed by atoms with Crippen molar-refractivity contribution in [2.24, 2.45) is 28.1 Å². The van der Waals surface area contributed by atoms with Crippen LogP contribution >= 0.6 is 0 Å². The molecule has 9 atom stereocenters. The molecule has 0 spiro atoms. The molecule has 5 rings (SSSR count). The Kier molecular flexibility index (Phi) is 5.27. The molecule has 3 saturated carbocycles. The van der Waals surface area contributed by atoms with Crippen LogP contribution in [0.4, 0.5) is 8.78 Å². The van der Waals surface area contributed by atoms with Gasteiger partial charge in [-0.2, -0.15) is 0 Å². The monoisotopic (exact) mass is 492 g/mol. The standard InChI is InChI=1S/C28H38F2O5/c1-23(2)12-16-13-25(4)20-11-19(29)18-10-17(31)8-9-24(18,3)27(20,30)22(34-7)14-26(25,5)28(16,35-23)21(32)15-33-6/h8-10,16,19-20,22H,11-15H2,1-7H3. The fourth-order valence-corrected chi connectivity index (χ4v) is 9.37. The Morgan fingerprint density at radius 1 is 1.14 bits per heavy atom. The summed E-state index contributed by atoms with van der Waals surface area (Å²) in [6.45, 7) is 9.63. The average Bonchev–Trinajstić information content (AvgIpc) is 3.14. The van der Waals surface area contributed by atoms with Gasteiger partial charge in [0.1, 0.15) is 18.4 Å². The summed E-state index contributed by atoms with van der Waals surface area (Å²) in [5.41, 5.74) is -6.32. The number of ether oxygens (including phenoxy) is 3. The summed E-state index contributed by atoms with van der Waals surface area (Å²) in [6, 6.07) is 0. The minimum atomic E-state index is -1.96. The van der Waals surface area contributed by atoms with Gasteiger partial charge in [0.25, 0.3) is 0 Å². The maximum atomic E-state index is 17.9. The molecule has 7 heteroatoms. The van der Waals surface area contributed by atoms with Gasteiger partial charge in [0, 0.05) is 31.0 Å². The Labute approximate surface area is 206 Å². The molecule has 0 aromatic rings. The Hall–Kier alpha value is -1.44. The van der Waals surface area contributed by atoms with E-state index in [0.717, 1.165) is 0 Å². The molecule has 0 radical (unpaired) electrons. The molecule has 35 heavy (non-hydrogen) atoms. The van der Waals surface area contributed by atoms with E-state index in [2.05, 4.69) is 0 Å². The van der Waals surface area contributed by atoms with Gasteiger partial charge in [0.15, 0.2) is 17.2 Å². The molecule has 1 saturated heterocycles. The number of hydrogen-bond acceptors (Lipinski definition) is 5. The lowest BCUT2D eigenvalue weighted by Gasteiger charge is -2.67. The van der Waals surface area contributed by atoms with E-state index in [9.17, 15) is 9.59 Å². The van der Waals surface area contributed by atoms with E-state index in [1.807, 2.05) is 27.7 Å². The molecular weight excluding hydrogens is 454 g/mol. The fraction of sp³-hybridized carbons (Fsp3) is 0.786. The third kappa shape index (κ3) is 2.73. The number of Topliss-reactive ketones (excluding diaryl/α,β-unsaturated/α-hetero) is 1. The maximum Gasteiger partial charge on any atom is 0.191 e. The normalized spacial score (nSPS) is 51.8. The van der Waals surface area contributed by atoms with Crippen molar-refractivity contribution < 1.29 is 32.6 Å². The number of halogens is 2. The molecule has 4 aliphatic carbocycles. The highest BCUT2D eigenvalue weighted by molar-refractivity contribution is 6.01. The van der Waals surface area contributed by atoms with Crippen molar-refractivity contribution in [1.29, 1.82) is 0 Å². The summed E-state index contributed by atoms with van der Waals surface area (Å²) in [7, 11) is 2.97. The molecule has 1 heterocycles. The second-order valence-electron chi connectivity index (χ2n) is 12.8. The number of rotatable bonds is 4. The first-order valence-corrected chi connectivity index (χ1v) is 12.7. The summed E-state index contributed by atoms with van der Waals surface area (Å²) in [4.78, 5) is 26.0. The van der Waals surface area contributed by atoms with Crippen molar-refractivity contribution in [3.05, 3.63) is 23.8 Å². The summed E-state index contributed by atoms with van der Waals surface area (Å²) < 4.78 is 51.7. The molecule has 0 bridgehead atoms. The minimum absolute atomic E-state index is 0.0599. The molecule has 1 aliphatic heterocycles. The maximum absolute atomic E-state index is 17.9. The highest BCUT2D eigenvalue weighted by atomic mass is 19.1. The van der Waals surface area contributed by atoms with E-state index >= 15 is 8.78 Å². The summed E-state index contributed by atoms with van der Waals surface area (Å²) >= 11 is 0. The van der Waals surface area contributed by atoms with E-state index in [4.69, 9.17) is 14.2 Å². The number of alkyl halides is 2. The van der Waals surface area contributed by atoms with E-state index < -0.39 is 51.3 Å². The molecule has 0 aromatic carbocycles. The number of hydrogen-bond donors (Lipinski definition) is 0. The third-order valence-corrected chi connectivity index (χ3v) is 10.9. The van der Waals surface area contributed by atoms with Crippen LogP contribution in [-0.4, -0.2) is 61.5 Å². The minimum Gasteiger partial charge on any atom is -0.378 e. The van der Waals surface area contributed by atoms with E-state index in [1.54, 1.807) is 13.0 Å². The topological polar surface area (TPSA) is 61.8 Å². The quantitative estimate of drug-likeness (QED) is 0.568. The van der Waals surface area contributed by atoms with Crippen molar-refractivity contribution in [1.82, 2.24) is 0 Å². The Morgan fingerprint density at radius 2 is 1.83 bits per heavy atom. The summed E-state index contributed by atoms with van der Waals surface area (Å²) in [5, 5.41) is 0. The SMILES string of the molecule is COCC(=O)C12OC(C)(C)CC1CC1(C)C3CC(F)C4=CC(=O)C=CC4(C)C3(F)C(OC)CC12C. The largest absolute Gasteiger partial charge is 0.378 e. The van der Waals surface area contributed by atoms with Crippen LogP contribution in [0.15, 0.2) is 23.8 Å². The van der Waals surface area contributed by atoms with Gasteiger partial charge in [0.05, 0.1) is 11.7 Å². The van der Waals surface area contributed by atoms with Gasteiger partial charge in [-0.3, -0.25) is 9.59 Å². The van der Waals surface area contributed by atoms with Crippen LogP contribution in [0.25, 0.3) is 0 Å². The lowest BCUT2D eigenvalue weighted by molar-refractivity contribution is -0.268. The van der Waals surface area contributed by atoms with Gasteiger partial charge in [0.2, 0.25) is 0 Å². The van der Waals surface area contributed by atoms with Crippen LogP contribution in [-0.2, 0) is 23.8 Å². The van der Waals surface area contributed by atoms with Crippen LogP contribution in [0.3, 0.4) is 0 Å². The van der Waals surface area contributed by atoms with Crippen molar-refractivity contribution in [2.45, 2.75) is 89.4 Å². The van der Waals surface area contributed by atoms with Gasteiger partial charge in [-0.1, -0.05) is 19.9 Å². The Balaban J connectivity index is 1.72. The Bertz CT molecular complexity index is 1040. The first-order valence-electron chi connectivity index (χ1n) is 12.7. The molecule has 0 amide bonds. The average molecular weight is 493 g/mol. The molecule has 9 unspecified atom stereocenters. The molecule has 0 aromatic heterocycles. The van der Waals surface area contributed by atoms with Crippen LogP contribution in [0.5, 0.6) is 0 Å². The molecule has 5 nitrogen and oxygen atoms in total. The molecule has 5 aliphatic rings. The smallest absolute Gasteiger partial charge is 0.191 e. The van der Waals surface area contributed by atoms with Crippen LogP contribution in [0.2, 0.25) is 0 Å². The van der Waals surface area contributed by atoms with Gasteiger partial charge < -0.3 is 14.2 Å². The highest BCUT2D eigenvalue weighted by Crippen LogP contribution is 2.79. The third-order valence-electron chi connectivity index (χ3n) is 10.9. The van der Waals surface area contributed by atoms with Crippen LogP contribution in [0.1, 0.15) is 60.3 Å². The molecular formula is C28H38F2O5. The van der Waals surface area contributed by atoms with E-state index in [-0.39, 0.29) is 42.5 Å². The summed E-state index contributed by atoms with van der Waals surface area (Å²) in [5.74, 6) is -1.33. The zero-order chi connectivity index (χ0) is 25.8. The van der Waals surface area contributed by atoms with Gasteiger partial charge in [-0.15, -0.1) is 0 Å². The highest BCUT2D eigenvalue weighted by Gasteiger charge is 2.83. The number of carbonyl (C=O) groups excluding carboxylic acids is 2. The first-order chi connectivity index (χ1) is 16.2. The van der Waals surface area contributed by atoms with E-state index in [0.29, 0.717) is 12.8 Å². The van der Waals surface area contributed by atoms with Crippen LogP contribution in [0, 0.1) is 28.1 Å². The van der Waals surface area contributed by atoms with Gasteiger partial charge in [-0.25, -0.2) is 8.78 Å². The number of methoxy groups -OCH3 is 2. The lowest BCUT2D eigenvalue weighted by Crippen LogP contribution is -2.74. The zero-order valence-electron chi connectivity index (χ0n) is 21.9. The number of allylic oxidation sites excluding steroid dienone is 4. The van der Waals surface area contributed by atoms with Crippen molar-refractivity contribution in [2.75, 3.05) is 20.8 Å². The zero-order valence-corrected chi connectivity index (χ0v) is 21.9. The van der Waals surface area contributed by atoms with Gasteiger partial charge >= 0.3 is 0 Å². The predicted molar refractivity (Wildman–Crippen MR) is 126 cm³/mol.